The summed E-state index contributed by atoms with van der Waals surface area (Å²) in [6.07, 6.45) is 5.62. The molecule has 0 aliphatic rings. The van der Waals surface area contributed by atoms with Crippen LogP contribution < -0.4 is 10.6 Å². The van der Waals surface area contributed by atoms with Crippen LogP contribution in [0.3, 0.4) is 0 Å². The number of fused-ring (bicyclic) bond motifs is 1. The van der Waals surface area contributed by atoms with Gasteiger partial charge in [0.05, 0.1) is 17.6 Å². The van der Waals surface area contributed by atoms with E-state index < -0.39 is 12.0 Å². The first-order valence-corrected chi connectivity index (χ1v) is 12.7. The SMILES string of the molecule is CCCc1ccc(Cn2cnnc2CC)cc1NC(=O)C(C)n1cc(C(=O)O)c2ccc(C(=O)NC)cc21. The quantitative estimate of drug-likeness (QED) is 0.291. The summed E-state index contributed by atoms with van der Waals surface area (Å²) in [4.78, 5) is 37.6. The van der Waals surface area contributed by atoms with Gasteiger partial charge in [-0.2, -0.15) is 0 Å². The lowest BCUT2D eigenvalue weighted by molar-refractivity contribution is -0.118. The molecule has 1 atom stereocenters. The largest absolute Gasteiger partial charge is 0.478 e. The Morgan fingerprint density at radius 1 is 1.11 bits per heavy atom. The summed E-state index contributed by atoms with van der Waals surface area (Å²) in [5, 5.41) is 24.0. The van der Waals surface area contributed by atoms with E-state index in [0.717, 1.165) is 36.2 Å². The molecule has 0 fully saturated rings. The lowest BCUT2D eigenvalue weighted by atomic mass is 10.0. The molecule has 198 valence electrons. The highest BCUT2D eigenvalue weighted by atomic mass is 16.4. The van der Waals surface area contributed by atoms with Gasteiger partial charge >= 0.3 is 5.97 Å². The van der Waals surface area contributed by atoms with Crippen LogP contribution in [-0.2, 0) is 24.2 Å². The smallest absolute Gasteiger partial charge is 0.337 e. The number of carbonyl (C=O) groups excluding carboxylic acids is 2. The van der Waals surface area contributed by atoms with E-state index in [1.807, 2.05) is 29.7 Å². The molecule has 0 spiro atoms. The fraction of sp³-hybridized carbons (Fsp3) is 0.321. The average Bonchev–Trinajstić information content (AvgIpc) is 3.53. The summed E-state index contributed by atoms with van der Waals surface area (Å²) in [7, 11) is 1.53. The topological polar surface area (TPSA) is 131 Å². The number of amides is 2. The first-order valence-electron chi connectivity index (χ1n) is 12.7. The Kier molecular flexibility index (Phi) is 7.90. The number of benzene rings is 2. The summed E-state index contributed by atoms with van der Waals surface area (Å²) in [5.41, 5.74) is 3.67. The summed E-state index contributed by atoms with van der Waals surface area (Å²) >= 11 is 0. The molecule has 0 bridgehead atoms. The molecular weight excluding hydrogens is 484 g/mol. The van der Waals surface area contributed by atoms with Crippen molar-refractivity contribution in [2.24, 2.45) is 0 Å². The number of aromatic carboxylic acids is 1. The van der Waals surface area contributed by atoms with Crippen molar-refractivity contribution in [1.82, 2.24) is 24.6 Å². The lowest BCUT2D eigenvalue weighted by Gasteiger charge is -2.18. The van der Waals surface area contributed by atoms with Crippen LogP contribution in [-0.4, -0.2) is 49.3 Å². The zero-order valence-corrected chi connectivity index (χ0v) is 22.0. The van der Waals surface area contributed by atoms with Crippen molar-refractivity contribution in [1.29, 1.82) is 0 Å². The minimum absolute atomic E-state index is 0.0671. The van der Waals surface area contributed by atoms with Gasteiger partial charge in [0.25, 0.3) is 5.91 Å². The van der Waals surface area contributed by atoms with E-state index in [1.54, 1.807) is 36.0 Å². The minimum atomic E-state index is -1.10. The third-order valence-corrected chi connectivity index (χ3v) is 6.67. The van der Waals surface area contributed by atoms with Crippen molar-refractivity contribution in [3.63, 3.8) is 0 Å². The van der Waals surface area contributed by atoms with E-state index in [0.29, 0.717) is 28.7 Å². The van der Waals surface area contributed by atoms with Crippen LogP contribution in [0.25, 0.3) is 10.9 Å². The molecule has 10 heteroatoms. The number of aromatic nitrogens is 4. The number of aryl methyl sites for hydroxylation is 2. The Bertz CT molecular complexity index is 1500. The number of nitrogens with one attached hydrogen (secondary N) is 2. The molecule has 2 heterocycles. The average molecular weight is 517 g/mol. The highest BCUT2D eigenvalue weighted by Gasteiger charge is 2.23. The molecule has 2 amide bonds. The Hall–Kier alpha value is -4.47. The second-order valence-corrected chi connectivity index (χ2v) is 9.20. The van der Waals surface area contributed by atoms with E-state index in [9.17, 15) is 19.5 Å². The van der Waals surface area contributed by atoms with Gasteiger partial charge in [-0.3, -0.25) is 9.59 Å². The second-order valence-electron chi connectivity index (χ2n) is 9.20. The maximum Gasteiger partial charge on any atom is 0.337 e. The van der Waals surface area contributed by atoms with Crippen LogP contribution in [0, 0.1) is 0 Å². The number of carboxylic acids is 1. The van der Waals surface area contributed by atoms with Crippen LogP contribution in [0.2, 0.25) is 0 Å². The first-order chi connectivity index (χ1) is 18.3. The molecule has 38 heavy (non-hydrogen) atoms. The minimum Gasteiger partial charge on any atom is -0.478 e. The highest BCUT2D eigenvalue weighted by Crippen LogP contribution is 2.28. The molecule has 0 aliphatic heterocycles. The molecule has 4 aromatic rings. The predicted octanol–water partition coefficient (Wildman–Crippen LogP) is 4.05. The van der Waals surface area contributed by atoms with Crippen molar-refractivity contribution in [2.45, 2.75) is 52.6 Å². The number of carbonyl (C=O) groups is 3. The molecule has 3 N–H and O–H groups in total. The third-order valence-electron chi connectivity index (χ3n) is 6.67. The van der Waals surface area contributed by atoms with Crippen LogP contribution in [0.5, 0.6) is 0 Å². The summed E-state index contributed by atoms with van der Waals surface area (Å²) in [6.45, 7) is 6.39. The van der Waals surface area contributed by atoms with Gasteiger partial charge < -0.3 is 24.9 Å². The zero-order chi connectivity index (χ0) is 27.4. The lowest BCUT2D eigenvalue weighted by Crippen LogP contribution is -2.24. The standard InChI is InChI=1S/C28H32N6O4/c1-5-7-19-9-8-18(14-33-16-30-32-25(33)6-2)12-23(19)31-26(35)17(3)34-15-22(28(37)38)21-11-10-20(13-24(21)34)27(36)29-4/h8-13,15-17H,5-7,14H2,1-4H3,(H,29,36)(H,31,35)(H,37,38). The maximum absolute atomic E-state index is 13.5. The number of hydrogen-bond donors (Lipinski definition) is 3. The first kappa shape index (κ1) is 26.6. The summed E-state index contributed by atoms with van der Waals surface area (Å²) in [5.74, 6) is -0.815. The Labute approximate surface area is 220 Å². The number of carboxylic acid groups (broad SMARTS) is 1. The van der Waals surface area contributed by atoms with Crippen molar-refractivity contribution in [3.05, 3.63) is 77.0 Å². The van der Waals surface area contributed by atoms with E-state index in [2.05, 4.69) is 27.8 Å². The number of anilines is 1. The molecular formula is C28H32N6O4. The van der Waals surface area contributed by atoms with Gasteiger partial charge in [0.1, 0.15) is 18.2 Å². The fourth-order valence-corrected chi connectivity index (χ4v) is 4.60. The number of rotatable bonds is 10. The van der Waals surface area contributed by atoms with Crippen LogP contribution in [0.4, 0.5) is 5.69 Å². The van der Waals surface area contributed by atoms with Gasteiger partial charge in [0.15, 0.2) is 0 Å². The molecule has 0 aliphatic carbocycles. The van der Waals surface area contributed by atoms with Crippen molar-refractivity contribution >= 4 is 34.4 Å². The van der Waals surface area contributed by atoms with E-state index in [-0.39, 0.29) is 17.4 Å². The molecule has 0 saturated carbocycles. The van der Waals surface area contributed by atoms with Gasteiger partial charge in [0, 0.05) is 36.3 Å². The van der Waals surface area contributed by atoms with E-state index in [4.69, 9.17) is 0 Å². The molecule has 10 nitrogen and oxygen atoms in total. The van der Waals surface area contributed by atoms with Crippen molar-refractivity contribution < 1.29 is 19.5 Å². The van der Waals surface area contributed by atoms with E-state index >= 15 is 0 Å². The molecule has 1 unspecified atom stereocenters. The van der Waals surface area contributed by atoms with Crippen molar-refractivity contribution in [2.75, 3.05) is 12.4 Å². The Morgan fingerprint density at radius 2 is 1.89 bits per heavy atom. The highest BCUT2D eigenvalue weighted by molar-refractivity contribution is 6.07. The molecule has 0 saturated heterocycles. The van der Waals surface area contributed by atoms with Gasteiger partial charge in [-0.05, 0) is 42.7 Å². The van der Waals surface area contributed by atoms with Crippen molar-refractivity contribution in [3.8, 4) is 0 Å². The number of nitrogens with zero attached hydrogens (tertiary/aromatic N) is 4. The van der Waals surface area contributed by atoms with Gasteiger partial charge in [-0.1, -0.05) is 38.5 Å². The van der Waals surface area contributed by atoms with Gasteiger partial charge in [-0.25, -0.2) is 4.79 Å². The Balaban J connectivity index is 1.67. The Morgan fingerprint density at radius 3 is 2.58 bits per heavy atom. The zero-order valence-electron chi connectivity index (χ0n) is 22.0. The molecule has 4 rings (SSSR count). The van der Waals surface area contributed by atoms with Crippen LogP contribution in [0.1, 0.15) is 70.9 Å². The predicted molar refractivity (Wildman–Crippen MR) is 145 cm³/mol. The normalized spacial score (nSPS) is 11.9. The third kappa shape index (κ3) is 5.29. The second kappa shape index (κ2) is 11.3. The van der Waals surface area contributed by atoms with E-state index in [1.165, 1.54) is 13.2 Å². The van der Waals surface area contributed by atoms with Crippen LogP contribution >= 0.6 is 0 Å². The van der Waals surface area contributed by atoms with Gasteiger partial charge in [0.2, 0.25) is 5.91 Å². The summed E-state index contributed by atoms with van der Waals surface area (Å²) in [6, 6.07) is 10.1. The summed E-state index contributed by atoms with van der Waals surface area (Å²) < 4.78 is 3.58. The molecule has 2 aromatic carbocycles. The maximum atomic E-state index is 13.5. The fourth-order valence-electron chi connectivity index (χ4n) is 4.60. The van der Waals surface area contributed by atoms with Crippen LogP contribution in [0.15, 0.2) is 48.9 Å². The molecule has 2 aromatic heterocycles. The monoisotopic (exact) mass is 516 g/mol. The molecule has 0 radical (unpaired) electrons. The number of hydrogen-bond acceptors (Lipinski definition) is 5. The van der Waals surface area contributed by atoms with Gasteiger partial charge in [-0.15, -0.1) is 10.2 Å².